The first kappa shape index (κ1) is 34.7. The van der Waals surface area contributed by atoms with Gasteiger partial charge in [0, 0.05) is 16.5 Å². The molecule has 0 spiro atoms. The van der Waals surface area contributed by atoms with E-state index in [4.69, 9.17) is 0 Å². The Morgan fingerprint density at radius 2 is 0.763 bits per heavy atom. The van der Waals surface area contributed by atoms with E-state index in [1.807, 2.05) is 0 Å². The summed E-state index contributed by atoms with van der Waals surface area (Å²) in [5, 5.41) is 7.58. The van der Waals surface area contributed by atoms with Gasteiger partial charge in [-0.2, -0.15) is 0 Å². The van der Waals surface area contributed by atoms with Gasteiger partial charge in [-0.3, -0.25) is 0 Å². The number of rotatable bonds is 6. The molecule has 11 rings (SSSR count). The van der Waals surface area contributed by atoms with E-state index in [0.29, 0.717) is 0 Å². The van der Waals surface area contributed by atoms with Crippen LogP contribution in [0.2, 0.25) is 0 Å². The Kier molecular flexibility index (Phi) is 8.34. The molecule has 0 atom stereocenters. The lowest BCUT2D eigenvalue weighted by Crippen LogP contribution is -1.95. The molecule has 0 saturated carbocycles. The smallest absolute Gasteiger partial charge is 0.0547 e. The minimum absolute atomic E-state index is 1.14. The Morgan fingerprint density at radius 1 is 0.305 bits per heavy atom. The molecule has 11 aromatic rings. The molecule has 0 amide bonds. The normalized spacial score (nSPS) is 11.6. The van der Waals surface area contributed by atoms with Gasteiger partial charge in [-0.1, -0.05) is 182 Å². The van der Waals surface area contributed by atoms with Gasteiger partial charge in [-0.25, -0.2) is 0 Å². The van der Waals surface area contributed by atoms with Gasteiger partial charge in [0.1, 0.15) is 0 Å². The predicted molar refractivity (Wildman–Crippen MR) is 252 cm³/mol. The molecule has 0 bridgehead atoms. The molecule has 0 unspecified atom stereocenters. The largest absolute Gasteiger partial charge is 0.309 e. The van der Waals surface area contributed by atoms with E-state index in [0.717, 1.165) is 5.69 Å². The predicted octanol–water partition coefficient (Wildman–Crippen LogP) is 16.0. The van der Waals surface area contributed by atoms with Crippen LogP contribution in [0.4, 0.5) is 0 Å². The summed E-state index contributed by atoms with van der Waals surface area (Å²) >= 11 is 0. The Morgan fingerprint density at radius 3 is 1.44 bits per heavy atom. The number of aromatic nitrogens is 1. The SMILES string of the molecule is Cc1ccccc1-c1cccc(-c2cccc(-c3cccc4c3c3ccccc3n4-c3ccc(-c4c5ccccc5c(-c5ccccc5)c5ccccc45)cc3)c2)c1C. The van der Waals surface area contributed by atoms with Crippen LogP contribution in [0.25, 0.3) is 105 Å². The number of para-hydroxylation sites is 1. The van der Waals surface area contributed by atoms with Gasteiger partial charge in [-0.15, -0.1) is 0 Å². The van der Waals surface area contributed by atoms with Crippen LogP contribution >= 0.6 is 0 Å². The van der Waals surface area contributed by atoms with Crippen LogP contribution in [0, 0.1) is 13.8 Å². The lowest BCUT2D eigenvalue weighted by molar-refractivity contribution is 1.18. The first-order valence-electron chi connectivity index (χ1n) is 20.5. The molecule has 0 aliphatic heterocycles. The fourth-order valence-corrected chi connectivity index (χ4v) is 9.64. The van der Waals surface area contributed by atoms with Gasteiger partial charge in [-0.05, 0) is 132 Å². The first-order valence-corrected chi connectivity index (χ1v) is 20.5. The zero-order chi connectivity index (χ0) is 39.5. The highest BCUT2D eigenvalue weighted by Crippen LogP contribution is 2.45. The second kappa shape index (κ2) is 14.2. The molecular formula is C58H41N. The third kappa shape index (κ3) is 5.69. The molecule has 59 heavy (non-hydrogen) atoms. The number of benzene rings is 10. The summed E-state index contributed by atoms with van der Waals surface area (Å²) in [5.41, 5.74) is 18.6. The number of hydrogen-bond donors (Lipinski definition) is 0. The van der Waals surface area contributed by atoms with Crippen molar-refractivity contribution in [2.45, 2.75) is 13.8 Å². The van der Waals surface area contributed by atoms with Crippen LogP contribution in [0.15, 0.2) is 212 Å². The molecule has 0 N–H and O–H groups in total. The zero-order valence-corrected chi connectivity index (χ0v) is 33.2. The van der Waals surface area contributed by atoms with Gasteiger partial charge in [0.25, 0.3) is 0 Å². The van der Waals surface area contributed by atoms with Crippen LogP contribution in [0.1, 0.15) is 11.1 Å². The van der Waals surface area contributed by atoms with Crippen molar-refractivity contribution in [3.63, 3.8) is 0 Å². The van der Waals surface area contributed by atoms with Gasteiger partial charge in [0.2, 0.25) is 0 Å². The topological polar surface area (TPSA) is 4.93 Å². The molecule has 1 heteroatoms. The third-order valence-corrected chi connectivity index (χ3v) is 12.4. The minimum atomic E-state index is 1.14. The molecule has 1 aromatic heterocycles. The van der Waals surface area contributed by atoms with E-state index in [9.17, 15) is 0 Å². The van der Waals surface area contributed by atoms with Crippen LogP contribution in [-0.2, 0) is 0 Å². The van der Waals surface area contributed by atoms with Crippen LogP contribution in [0.5, 0.6) is 0 Å². The molecule has 0 fully saturated rings. The average Bonchev–Trinajstić information content (AvgIpc) is 3.63. The molecular weight excluding hydrogens is 711 g/mol. The number of aryl methyl sites for hydroxylation is 1. The van der Waals surface area contributed by atoms with Crippen molar-refractivity contribution in [3.8, 4) is 61.3 Å². The van der Waals surface area contributed by atoms with Crippen LogP contribution in [-0.4, -0.2) is 4.57 Å². The zero-order valence-electron chi connectivity index (χ0n) is 33.2. The van der Waals surface area contributed by atoms with E-state index in [-0.39, 0.29) is 0 Å². The second-order valence-electron chi connectivity index (χ2n) is 15.7. The van der Waals surface area contributed by atoms with Gasteiger partial charge in [0.15, 0.2) is 0 Å². The standard InChI is InChI=1S/C58H41N/c1-38-17-6-7-22-45(38)47-29-15-28-46(39(47)2)42-20-14-21-43(37-42)48-30-16-32-55-58(48)53-27-12-13-31-54(53)59(55)44-35-33-41(34-36-44)57-51-25-10-8-23-49(51)56(40-18-4-3-5-19-40)50-24-9-11-26-52(50)57/h3-37H,1-2H3. The first-order chi connectivity index (χ1) is 29.1. The molecule has 1 heterocycles. The molecule has 0 aliphatic carbocycles. The van der Waals surface area contributed by atoms with Crippen molar-refractivity contribution in [1.82, 2.24) is 4.57 Å². The average molecular weight is 752 g/mol. The number of hydrogen-bond acceptors (Lipinski definition) is 0. The molecule has 1 nitrogen and oxygen atoms in total. The van der Waals surface area contributed by atoms with E-state index in [2.05, 4.69) is 231 Å². The Balaban J connectivity index is 1.05. The van der Waals surface area contributed by atoms with E-state index in [1.54, 1.807) is 0 Å². The Hall–Kier alpha value is -7.48. The van der Waals surface area contributed by atoms with Crippen molar-refractivity contribution in [3.05, 3.63) is 223 Å². The van der Waals surface area contributed by atoms with Crippen molar-refractivity contribution in [2.75, 3.05) is 0 Å². The number of nitrogens with zero attached hydrogens (tertiary/aromatic N) is 1. The Bertz CT molecular complexity index is 3330. The molecule has 0 aliphatic rings. The maximum Gasteiger partial charge on any atom is 0.0547 e. The third-order valence-electron chi connectivity index (χ3n) is 12.4. The summed E-state index contributed by atoms with van der Waals surface area (Å²) in [4.78, 5) is 0. The van der Waals surface area contributed by atoms with E-state index >= 15 is 0 Å². The fourth-order valence-electron chi connectivity index (χ4n) is 9.64. The van der Waals surface area contributed by atoms with Gasteiger partial charge < -0.3 is 4.57 Å². The molecule has 10 aromatic carbocycles. The quantitative estimate of drug-likeness (QED) is 0.149. The highest BCUT2D eigenvalue weighted by molar-refractivity contribution is 6.21. The monoisotopic (exact) mass is 751 g/mol. The second-order valence-corrected chi connectivity index (χ2v) is 15.7. The fraction of sp³-hybridized carbons (Fsp3) is 0.0345. The maximum absolute atomic E-state index is 2.44. The summed E-state index contributed by atoms with van der Waals surface area (Å²) in [7, 11) is 0. The summed E-state index contributed by atoms with van der Waals surface area (Å²) in [6.07, 6.45) is 0. The van der Waals surface area contributed by atoms with Gasteiger partial charge in [0.05, 0.1) is 11.0 Å². The maximum atomic E-state index is 2.44. The number of fused-ring (bicyclic) bond motifs is 5. The van der Waals surface area contributed by atoms with Crippen molar-refractivity contribution < 1.29 is 0 Å². The molecule has 0 saturated heterocycles. The van der Waals surface area contributed by atoms with Crippen molar-refractivity contribution >= 4 is 43.4 Å². The lowest BCUT2D eigenvalue weighted by atomic mass is 9.86. The summed E-state index contributed by atoms with van der Waals surface area (Å²) in [6.45, 7) is 4.45. The van der Waals surface area contributed by atoms with Gasteiger partial charge >= 0.3 is 0 Å². The van der Waals surface area contributed by atoms with Crippen LogP contribution in [0.3, 0.4) is 0 Å². The summed E-state index contributed by atoms with van der Waals surface area (Å²) in [6, 6.07) is 77.9. The van der Waals surface area contributed by atoms with Crippen molar-refractivity contribution in [1.29, 1.82) is 0 Å². The van der Waals surface area contributed by atoms with E-state index < -0.39 is 0 Å². The lowest BCUT2D eigenvalue weighted by Gasteiger charge is -2.18. The van der Waals surface area contributed by atoms with Crippen molar-refractivity contribution in [2.24, 2.45) is 0 Å². The highest BCUT2D eigenvalue weighted by atomic mass is 15.0. The summed E-state index contributed by atoms with van der Waals surface area (Å²) in [5.74, 6) is 0. The highest BCUT2D eigenvalue weighted by Gasteiger charge is 2.19. The summed E-state index contributed by atoms with van der Waals surface area (Å²) < 4.78 is 2.44. The minimum Gasteiger partial charge on any atom is -0.309 e. The molecule has 278 valence electrons. The molecule has 0 radical (unpaired) electrons. The van der Waals surface area contributed by atoms with E-state index in [1.165, 1.54) is 110 Å². The van der Waals surface area contributed by atoms with Crippen LogP contribution < -0.4 is 0 Å². The Labute approximate surface area is 345 Å².